The van der Waals surface area contributed by atoms with Crippen molar-refractivity contribution >= 4 is 11.5 Å². The average molecular weight is 272 g/mol. The van der Waals surface area contributed by atoms with Crippen molar-refractivity contribution in [3.63, 3.8) is 0 Å². The summed E-state index contributed by atoms with van der Waals surface area (Å²) in [7, 11) is 2.18. The van der Waals surface area contributed by atoms with Crippen LogP contribution in [0, 0.1) is 0 Å². The lowest BCUT2D eigenvalue weighted by Crippen LogP contribution is -2.38. The van der Waals surface area contributed by atoms with Crippen LogP contribution in [0.1, 0.15) is 38.8 Å². The van der Waals surface area contributed by atoms with E-state index >= 15 is 0 Å². The van der Waals surface area contributed by atoms with Gasteiger partial charge < -0.3 is 14.6 Å². The minimum atomic E-state index is 0.478. The highest BCUT2D eigenvalue weighted by atomic mass is 15.2. The Bertz CT molecular complexity index is 583. The molecule has 108 valence electrons. The molecule has 2 heterocycles. The first-order valence-electron chi connectivity index (χ1n) is 7.59. The van der Waals surface area contributed by atoms with E-state index in [4.69, 9.17) is 4.98 Å². The fraction of sp³-hybridized carbons (Fsp3) is 0.562. The van der Waals surface area contributed by atoms with E-state index in [1.807, 2.05) is 0 Å². The Morgan fingerprint density at radius 2 is 2.20 bits per heavy atom. The van der Waals surface area contributed by atoms with Crippen LogP contribution in [0.3, 0.4) is 0 Å². The van der Waals surface area contributed by atoms with E-state index in [2.05, 4.69) is 59.9 Å². The number of imidazole rings is 1. The fourth-order valence-electron chi connectivity index (χ4n) is 2.73. The van der Waals surface area contributed by atoms with Gasteiger partial charge in [-0.25, -0.2) is 4.98 Å². The number of hydrogen-bond acceptors (Lipinski definition) is 3. The molecule has 1 aliphatic rings. The Kier molecular flexibility index (Phi) is 3.66. The van der Waals surface area contributed by atoms with Crippen molar-refractivity contribution in [2.75, 3.05) is 11.9 Å². The van der Waals surface area contributed by atoms with Crippen LogP contribution >= 0.6 is 0 Å². The fourth-order valence-corrected chi connectivity index (χ4v) is 2.73. The summed E-state index contributed by atoms with van der Waals surface area (Å²) in [5.74, 6) is 1.13. The summed E-state index contributed by atoms with van der Waals surface area (Å²) in [4.78, 5) is 7.21. The van der Waals surface area contributed by atoms with Crippen LogP contribution in [0.5, 0.6) is 0 Å². The number of fused-ring (bicyclic) bond motifs is 1. The molecule has 4 nitrogen and oxygen atoms in total. The normalized spacial score (nSPS) is 15.8. The SMILES string of the molecule is CC(C)NCc1c(N(C)C2CCC2)nc2ccccn12. The van der Waals surface area contributed by atoms with Gasteiger partial charge in [0, 0.05) is 31.9 Å². The third-order valence-electron chi connectivity index (χ3n) is 4.24. The summed E-state index contributed by atoms with van der Waals surface area (Å²) in [6.07, 6.45) is 6.04. The van der Waals surface area contributed by atoms with Gasteiger partial charge in [0.15, 0.2) is 5.82 Å². The molecule has 0 atom stereocenters. The minimum absolute atomic E-state index is 0.478. The second-order valence-corrected chi connectivity index (χ2v) is 6.04. The predicted octanol–water partition coefficient (Wildman–Crippen LogP) is 2.82. The molecule has 4 heteroatoms. The van der Waals surface area contributed by atoms with Crippen molar-refractivity contribution in [1.29, 1.82) is 0 Å². The van der Waals surface area contributed by atoms with Crippen molar-refractivity contribution in [3.8, 4) is 0 Å². The molecule has 2 aromatic rings. The summed E-state index contributed by atoms with van der Waals surface area (Å²) >= 11 is 0. The van der Waals surface area contributed by atoms with Crippen molar-refractivity contribution in [1.82, 2.24) is 14.7 Å². The van der Waals surface area contributed by atoms with Crippen molar-refractivity contribution in [3.05, 3.63) is 30.1 Å². The maximum atomic E-state index is 4.84. The molecule has 20 heavy (non-hydrogen) atoms. The van der Waals surface area contributed by atoms with Gasteiger partial charge in [-0.3, -0.25) is 0 Å². The van der Waals surface area contributed by atoms with Crippen LogP contribution in [0.25, 0.3) is 5.65 Å². The van der Waals surface area contributed by atoms with Gasteiger partial charge in [-0.1, -0.05) is 19.9 Å². The van der Waals surface area contributed by atoms with Crippen LogP contribution in [0.2, 0.25) is 0 Å². The first kappa shape index (κ1) is 13.4. The highest BCUT2D eigenvalue weighted by Gasteiger charge is 2.26. The summed E-state index contributed by atoms with van der Waals surface area (Å²) in [6, 6.07) is 7.34. The molecule has 0 radical (unpaired) electrons. The number of pyridine rings is 1. The lowest BCUT2D eigenvalue weighted by Gasteiger charge is -2.35. The zero-order valence-electron chi connectivity index (χ0n) is 12.6. The summed E-state index contributed by atoms with van der Waals surface area (Å²) in [5.41, 5.74) is 2.30. The molecular formula is C16H24N4. The Morgan fingerprint density at radius 3 is 2.85 bits per heavy atom. The number of nitrogens with zero attached hydrogens (tertiary/aromatic N) is 3. The summed E-state index contributed by atoms with van der Waals surface area (Å²) < 4.78 is 2.21. The maximum Gasteiger partial charge on any atom is 0.152 e. The van der Waals surface area contributed by atoms with Crippen LogP contribution < -0.4 is 10.2 Å². The van der Waals surface area contributed by atoms with Crippen molar-refractivity contribution in [2.24, 2.45) is 0 Å². The molecule has 0 spiro atoms. The molecule has 0 amide bonds. The van der Waals surface area contributed by atoms with E-state index in [0.717, 1.165) is 18.0 Å². The molecule has 0 aromatic carbocycles. The van der Waals surface area contributed by atoms with E-state index in [1.165, 1.54) is 25.0 Å². The molecular weight excluding hydrogens is 248 g/mol. The van der Waals surface area contributed by atoms with Crippen LogP contribution in [0.15, 0.2) is 24.4 Å². The number of anilines is 1. The number of rotatable bonds is 5. The Balaban J connectivity index is 1.97. The Labute approximate surface area is 120 Å². The first-order valence-corrected chi connectivity index (χ1v) is 7.59. The molecule has 1 saturated carbocycles. The van der Waals surface area contributed by atoms with Gasteiger partial charge in [0.1, 0.15) is 5.65 Å². The molecule has 3 rings (SSSR count). The highest BCUT2D eigenvalue weighted by molar-refractivity contribution is 5.56. The third-order valence-corrected chi connectivity index (χ3v) is 4.24. The minimum Gasteiger partial charge on any atom is -0.355 e. The second-order valence-electron chi connectivity index (χ2n) is 6.04. The quantitative estimate of drug-likeness (QED) is 0.908. The number of aromatic nitrogens is 2. The third kappa shape index (κ3) is 2.40. The van der Waals surface area contributed by atoms with Crippen LogP contribution in [-0.4, -0.2) is 28.5 Å². The molecule has 0 saturated heterocycles. The van der Waals surface area contributed by atoms with Gasteiger partial charge in [-0.2, -0.15) is 0 Å². The molecule has 0 aliphatic heterocycles. The smallest absolute Gasteiger partial charge is 0.152 e. The summed E-state index contributed by atoms with van der Waals surface area (Å²) in [6.45, 7) is 5.21. The monoisotopic (exact) mass is 272 g/mol. The summed E-state index contributed by atoms with van der Waals surface area (Å²) in [5, 5.41) is 3.52. The second kappa shape index (κ2) is 5.44. The predicted molar refractivity (Wildman–Crippen MR) is 83.2 cm³/mol. The van der Waals surface area contributed by atoms with Gasteiger partial charge in [0.05, 0.1) is 5.69 Å². The Hall–Kier alpha value is -1.55. The lowest BCUT2D eigenvalue weighted by atomic mass is 9.92. The van der Waals surface area contributed by atoms with E-state index in [1.54, 1.807) is 0 Å². The lowest BCUT2D eigenvalue weighted by molar-refractivity contribution is 0.398. The Morgan fingerprint density at radius 1 is 1.40 bits per heavy atom. The average Bonchev–Trinajstić information content (AvgIpc) is 2.72. The zero-order valence-corrected chi connectivity index (χ0v) is 12.6. The number of nitrogens with one attached hydrogen (secondary N) is 1. The van der Waals surface area contributed by atoms with E-state index < -0.39 is 0 Å². The first-order chi connectivity index (χ1) is 9.66. The highest BCUT2D eigenvalue weighted by Crippen LogP contribution is 2.30. The largest absolute Gasteiger partial charge is 0.355 e. The molecule has 2 aromatic heterocycles. The standard InChI is InChI=1S/C16H24N4/c1-12(2)17-11-14-16(19(3)13-7-6-8-13)18-15-9-4-5-10-20(14)15/h4-5,9-10,12-13,17H,6-8,11H2,1-3H3. The van der Waals surface area contributed by atoms with E-state index in [9.17, 15) is 0 Å². The van der Waals surface area contributed by atoms with Gasteiger partial charge in [-0.05, 0) is 31.4 Å². The van der Waals surface area contributed by atoms with E-state index in [0.29, 0.717) is 12.1 Å². The van der Waals surface area contributed by atoms with Gasteiger partial charge >= 0.3 is 0 Å². The van der Waals surface area contributed by atoms with Gasteiger partial charge in [0.25, 0.3) is 0 Å². The molecule has 1 aliphatic carbocycles. The topological polar surface area (TPSA) is 32.6 Å². The van der Waals surface area contributed by atoms with Gasteiger partial charge in [0.2, 0.25) is 0 Å². The maximum absolute atomic E-state index is 4.84. The molecule has 0 unspecified atom stereocenters. The number of hydrogen-bond donors (Lipinski definition) is 1. The van der Waals surface area contributed by atoms with Crippen molar-refractivity contribution < 1.29 is 0 Å². The van der Waals surface area contributed by atoms with E-state index in [-0.39, 0.29) is 0 Å². The zero-order chi connectivity index (χ0) is 14.1. The molecule has 0 bridgehead atoms. The molecule has 1 N–H and O–H groups in total. The molecule has 1 fully saturated rings. The van der Waals surface area contributed by atoms with Crippen molar-refractivity contribution in [2.45, 2.75) is 51.7 Å². The van der Waals surface area contributed by atoms with Crippen LogP contribution in [0.4, 0.5) is 5.82 Å². The van der Waals surface area contributed by atoms with Gasteiger partial charge in [-0.15, -0.1) is 0 Å². The van der Waals surface area contributed by atoms with Crippen LogP contribution in [-0.2, 0) is 6.54 Å².